The van der Waals surface area contributed by atoms with Crippen molar-refractivity contribution in [2.75, 3.05) is 4.90 Å². The van der Waals surface area contributed by atoms with E-state index in [1.54, 1.807) is 0 Å². The van der Waals surface area contributed by atoms with Gasteiger partial charge in [0, 0.05) is 47.9 Å². The topological polar surface area (TPSA) is 28.7 Å². The third kappa shape index (κ3) is 5.85. The summed E-state index contributed by atoms with van der Waals surface area (Å²) in [5, 5.41) is 6.87. The Morgan fingerprint density at radius 3 is 2.02 bits per heavy atom. The third-order valence-corrected chi connectivity index (χ3v) is 12.3. The van der Waals surface area contributed by atoms with Crippen LogP contribution in [0.3, 0.4) is 0 Å². The lowest BCUT2D eigenvalue weighted by Gasteiger charge is -2.26. The van der Waals surface area contributed by atoms with E-state index in [9.17, 15) is 0 Å². The first-order valence-corrected chi connectivity index (χ1v) is 20.3. The average molecular weight is 749 g/mol. The van der Waals surface area contributed by atoms with E-state index in [-0.39, 0.29) is 0 Å². The Labute approximate surface area is 334 Å². The zero-order chi connectivity index (χ0) is 37.7. The first-order valence-electron chi connectivity index (χ1n) is 19.5. The van der Waals surface area contributed by atoms with E-state index in [1.807, 2.05) is 11.3 Å². The highest BCUT2D eigenvalue weighted by Gasteiger charge is 2.23. The van der Waals surface area contributed by atoms with Crippen molar-refractivity contribution in [2.45, 2.75) is 12.8 Å². The van der Waals surface area contributed by atoms with Crippen molar-refractivity contribution >= 4 is 98.3 Å². The number of fused-ring (bicyclic) bond motifs is 8. The number of anilines is 3. The Hall–Kier alpha value is -7.01. The molecule has 0 spiro atoms. The lowest BCUT2D eigenvalue weighted by atomic mass is 9.92. The van der Waals surface area contributed by atoms with E-state index in [1.165, 1.54) is 31.3 Å². The van der Waals surface area contributed by atoms with Gasteiger partial charge in [-0.05, 0) is 89.5 Å². The molecule has 0 bridgehead atoms. The summed E-state index contributed by atoms with van der Waals surface area (Å²) in [7, 11) is 0. The van der Waals surface area contributed by atoms with Crippen LogP contribution in [0.5, 0.6) is 0 Å². The second-order valence-electron chi connectivity index (χ2n) is 14.6. The highest BCUT2D eigenvalue weighted by atomic mass is 32.1. The van der Waals surface area contributed by atoms with Crippen molar-refractivity contribution in [3.05, 3.63) is 211 Å². The van der Waals surface area contributed by atoms with Crippen LogP contribution in [-0.2, 0) is 0 Å². The molecule has 3 nitrogen and oxygen atoms in total. The van der Waals surface area contributed by atoms with Crippen LogP contribution in [0.25, 0.3) is 64.2 Å². The van der Waals surface area contributed by atoms with Crippen LogP contribution >= 0.6 is 11.3 Å². The zero-order valence-electron chi connectivity index (χ0n) is 31.1. The van der Waals surface area contributed by atoms with Gasteiger partial charge in [0.2, 0.25) is 0 Å². The minimum atomic E-state index is 0.846. The molecule has 1 aliphatic heterocycles. The fraction of sp³-hybridized carbons (Fsp3) is 0.0377. The van der Waals surface area contributed by atoms with Crippen molar-refractivity contribution in [1.82, 2.24) is 0 Å². The number of para-hydroxylation sites is 1. The van der Waals surface area contributed by atoms with Crippen LogP contribution in [0.1, 0.15) is 29.5 Å². The SMILES string of the molecule is C1=C(c2ccccc2)N=C(c2cc3c(oc4cccc(N(c5ccccc5)c5ccc6c(c5)sc5ccccc56)c43)c3ccccc23)/C=C(/c2ccccc2)CC1. The summed E-state index contributed by atoms with van der Waals surface area (Å²) in [5.41, 5.74) is 11.6. The molecule has 0 radical (unpaired) electrons. The summed E-state index contributed by atoms with van der Waals surface area (Å²) in [4.78, 5) is 7.92. The molecule has 0 amide bonds. The molecule has 2 aromatic heterocycles. The van der Waals surface area contributed by atoms with Gasteiger partial charge in [-0.25, -0.2) is 4.99 Å². The molecule has 0 N–H and O–H groups in total. The van der Waals surface area contributed by atoms with Gasteiger partial charge < -0.3 is 9.32 Å². The van der Waals surface area contributed by atoms with Crippen molar-refractivity contribution in [2.24, 2.45) is 4.99 Å². The molecule has 0 saturated carbocycles. The fourth-order valence-electron chi connectivity index (χ4n) is 8.50. The largest absolute Gasteiger partial charge is 0.455 e. The summed E-state index contributed by atoms with van der Waals surface area (Å²) >= 11 is 1.84. The molecular weight excluding hydrogens is 713 g/mol. The highest BCUT2D eigenvalue weighted by Crippen LogP contribution is 2.46. The van der Waals surface area contributed by atoms with Gasteiger partial charge in [0.1, 0.15) is 11.2 Å². The molecule has 0 saturated heterocycles. The second-order valence-corrected chi connectivity index (χ2v) is 15.7. The van der Waals surface area contributed by atoms with Gasteiger partial charge in [-0.15, -0.1) is 11.3 Å². The van der Waals surface area contributed by atoms with Crippen LogP contribution < -0.4 is 4.90 Å². The molecule has 11 rings (SSSR count). The first kappa shape index (κ1) is 33.3. The van der Waals surface area contributed by atoms with Crippen molar-refractivity contribution in [3.63, 3.8) is 0 Å². The maximum atomic E-state index is 6.92. The lowest BCUT2D eigenvalue weighted by molar-refractivity contribution is 0.672. The Balaban J connectivity index is 1.18. The lowest BCUT2D eigenvalue weighted by Crippen LogP contribution is -2.10. The summed E-state index contributed by atoms with van der Waals surface area (Å²) in [5.74, 6) is 0. The number of furan rings is 1. The minimum Gasteiger partial charge on any atom is -0.455 e. The number of thiophene rings is 1. The van der Waals surface area contributed by atoms with Crippen LogP contribution in [0, 0.1) is 0 Å². The van der Waals surface area contributed by atoms with E-state index >= 15 is 0 Å². The summed E-state index contributed by atoms with van der Waals surface area (Å²) in [6.45, 7) is 0. The number of aliphatic imine (C=N–C) groups is 1. The Kier molecular flexibility index (Phi) is 8.15. The molecule has 0 aliphatic carbocycles. The number of hydrogen-bond donors (Lipinski definition) is 0. The predicted molar refractivity (Wildman–Crippen MR) is 243 cm³/mol. The van der Waals surface area contributed by atoms with Gasteiger partial charge in [-0.3, -0.25) is 0 Å². The van der Waals surface area contributed by atoms with E-state index in [0.717, 1.165) is 85.2 Å². The summed E-state index contributed by atoms with van der Waals surface area (Å²) < 4.78 is 9.47. The maximum absolute atomic E-state index is 6.92. The molecule has 0 atom stereocenters. The summed E-state index contributed by atoms with van der Waals surface area (Å²) in [6, 6.07) is 64.9. The second kappa shape index (κ2) is 13.9. The van der Waals surface area contributed by atoms with Crippen molar-refractivity contribution in [3.8, 4) is 0 Å². The van der Waals surface area contributed by atoms with Gasteiger partial charge in [0.05, 0.1) is 22.5 Å². The van der Waals surface area contributed by atoms with Gasteiger partial charge >= 0.3 is 0 Å². The van der Waals surface area contributed by atoms with Gasteiger partial charge in [-0.1, -0.05) is 140 Å². The first-order chi connectivity index (χ1) is 28.3. The number of benzene rings is 8. The Morgan fingerprint density at radius 2 is 1.21 bits per heavy atom. The smallest absolute Gasteiger partial charge is 0.143 e. The van der Waals surface area contributed by atoms with Crippen molar-refractivity contribution < 1.29 is 4.42 Å². The number of nitrogens with zero attached hydrogens (tertiary/aromatic N) is 2. The molecule has 57 heavy (non-hydrogen) atoms. The minimum absolute atomic E-state index is 0.846. The molecule has 0 unspecified atom stereocenters. The van der Waals surface area contributed by atoms with Crippen LogP contribution in [0.4, 0.5) is 17.1 Å². The third-order valence-electron chi connectivity index (χ3n) is 11.1. The fourth-order valence-corrected chi connectivity index (χ4v) is 9.64. The van der Waals surface area contributed by atoms with Crippen molar-refractivity contribution in [1.29, 1.82) is 0 Å². The molecule has 3 heterocycles. The standard InChI is InChI=1S/C53H36N2OS/c1-4-16-35(17-5-1)37-20-14-26-46(36-18-6-2-7-19-36)54-47(32-37)44-34-45-52-48(27-15-28-49(52)56-53(45)43-25-11-10-23-40(43)44)55(38-21-8-3-9-22-38)39-30-31-42-41-24-12-13-29-50(41)57-51(42)33-39/h1-13,15-19,21-34H,14,20H2/b37-32+,46-26?,54-47?. The monoisotopic (exact) mass is 748 g/mol. The Bertz CT molecular complexity index is 3230. The van der Waals surface area contributed by atoms with Crippen LogP contribution in [0.15, 0.2) is 204 Å². The molecule has 10 aromatic rings. The Morgan fingerprint density at radius 1 is 0.526 bits per heavy atom. The molecular formula is C53H36N2OS. The van der Waals surface area contributed by atoms with Gasteiger partial charge in [0.25, 0.3) is 0 Å². The van der Waals surface area contributed by atoms with Gasteiger partial charge in [-0.2, -0.15) is 0 Å². The van der Waals surface area contributed by atoms with E-state index in [4.69, 9.17) is 9.41 Å². The zero-order valence-corrected chi connectivity index (χ0v) is 31.9. The van der Waals surface area contributed by atoms with E-state index in [0.29, 0.717) is 0 Å². The number of hydrogen-bond acceptors (Lipinski definition) is 4. The molecule has 1 aliphatic rings. The molecule has 8 aromatic carbocycles. The summed E-state index contributed by atoms with van der Waals surface area (Å²) in [6.07, 6.45) is 6.43. The highest BCUT2D eigenvalue weighted by molar-refractivity contribution is 7.25. The van der Waals surface area contributed by atoms with E-state index in [2.05, 4.69) is 199 Å². The van der Waals surface area contributed by atoms with Crippen LogP contribution in [-0.4, -0.2) is 5.71 Å². The average Bonchev–Trinajstić information content (AvgIpc) is 3.83. The van der Waals surface area contributed by atoms with E-state index < -0.39 is 0 Å². The molecule has 0 fully saturated rings. The van der Waals surface area contributed by atoms with Gasteiger partial charge in [0.15, 0.2) is 0 Å². The van der Waals surface area contributed by atoms with Crippen LogP contribution in [0.2, 0.25) is 0 Å². The molecule has 270 valence electrons. The number of allylic oxidation sites excluding steroid dienone is 3. The predicted octanol–water partition coefficient (Wildman–Crippen LogP) is 15.3. The maximum Gasteiger partial charge on any atom is 0.143 e. The number of rotatable bonds is 6. The normalized spacial score (nSPS) is 14.4. The quantitative estimate of drug-likeness (QED) is 0.169. The molecule has 4 heteroatoms.